The topological polar surface area (TPSA) is 41.3 Å². The zero-order valence-corrected chi connectivity index (χ0v) is 8.77. The summed E-state index contributed by atoms with van der Waals surface area (Å²) in [6, 6.07) is 12.7. The Morgan fingerprint density at radius 3 is 2.47 bits per heavy atom. The summed E-state index contributed by atoms with van der Waals surface area (Å²) in [7, 11) is 0. The maximum absolute atomic E-state index is 8.88. The van der Waals surface area contributed by atoms with Gasteiger partial charge in [0.2, 0.25) is 0 Å². The lowest BCUT2D eigenvalue weighted by Gasteiger charge is -1.91. The van der Waals surface area contributed by atoms with Crippen molar-refractivity contribution in [2.24, 2.45) is 0 Å². The second-order valence-corrected chi connectivity index (χ2v) is 3.72. The molecule has 0 bridgehead atoms. The molecule has 0 aliphatic heterocycles. The summed E-state index contributed by atoms with van der Waals surface area (Å²) in [4.78, 5) is 3.39. The molecule has 3 heteroatoms. The third-order valence-electron chi connectivity index (χ3n) is 2.71. The van der Waals surface area contributed by atoms with E-state index in [9.17, 15) is 0 Å². The van der Waals surface area contributed by atoms with Crippen molar-refractivity contribution in [1.29, 1.82) is 5.26 Å². The monoisotopic (exact) mass is 218 g/mol. The molecule has 78 valence electrons. The molecule has 0 radical (unpaired) electrons. The van der Waals surface area contributed by atoms with E-state index in [0.29, 0.717) is 11.3 Å². The Labute approximate surface area is 97.3 Å². The van der Waals surface area contributed by atoms with E-state index in [1.54, 1.807) is 36.4 Å². The van der Waals surface area contributed by atoms with Crippen LogP contribution in [0.15, 0.2) is 40.8 Å². The highest BCUT2D eigenvalue weighted by atomic mass is 16.3. The zero-order chi connectivity index (χ0) is 11.8. The van der Waals surface area contributed by atoms with Crippen LogP contribution in [0.2, 0.25) is 0 Å². The van der Waals surface area contributed by atoms with Gasteiger partial charge in [0.15, 0.2) is 5.69 Å². The average Bonchev–Trinajstić information content (AvgIpc) is 2.75. The molecule has 17 heavy (non-hydrogen) atoms. The van der Waals surface area contributed by atoms with E-state index in [-0.39, 0.29) is 0 Å². The van der Waals surface area contributed by atoms with Crippen LogP contribution in [0.5, 0.6) is 0 Å². The van der Waals surface area contributed by atoms with Crippen LogP contribution in [-0.2, 0) is 0 Å². The van der Waals surface area contributed by atoms with Gasteiger partial charge in [-0.3, -0.25) is 0 Å². The number of furan rings is 1. The number of hydrogen-bond donors (Lipinski definition) is 0. The quantitative estimate of drug-likeness (QED) is 0.535. The molecule has 0 aliphatic carbocycles. The second kappa shape index (κ2) is 3.37. The molecule has 3 aromatic rings. The van der Waals surface area contributed by atoms with Gasteiger partial charge >= 0.3 is 0 Å². The van der Waals surface area contributed by atoms with E-state index >= 15 is 0 Å². The Morgan fingerprint density at radius 2 is 1.76 bits per heavy atom. The summed E-state index contributed by atoms with van der Waals surface area (Å²) in [6.07, 6.45) is 0. The minimum absolute atomic E-state index is 0.572. The first-order chi connectivity index (χ1) is 8.31. The standard InChI is InChI=1S/C14H6N2O/c1-16-10-3-5-14-12(7-10)11-6-9(8-15)2-4-13(11)17-14/h2-7H. The highest BCUT2D eigenvalue weighted by Gasteiger charge is 2.07. The summed E-state index contributed by atoms with van der Waals surface area (Å²) in [5.41, 5.74) is 2.64. The molecule has 0 N–H and O–H groups in total. The summed E-state index contributed by atoms with van der Waals surface area (Å²) in [5, 5.41) is 10.6. The first-order valence-electron chi connectivity index (χ1n) is 5.06. The summed E-state index contributed by atoms with van der Waals surface area (Å²) >= 11 is 0. The highest BCUT2D eigenvalue weighted by Crippen LogP contribution is 2.31. The molecule has 0 fully saturated rings. The van der Waals surface area contributed by atoms with Crippen LogP contribution in [-0.4, -0.2) is 0 Å². The van der Waals surface area contributed by atoms with Crippen LogP contribution in [0.4, 0.5) is 5.69 Å². The smallest absolute Gasteiger partial charge is 0.188 e. The fourth-order valence-electron chi connectivity index (χ4n) is 1.90. The third-order valence-corrected chi connectivity index (χ3v) is 2.71. The molecule has 0 saturated heterocycles. The van der Waals surface area contributed by atoms with Gasteiger partial charge in [-0.2, -0.15) is 5.26 Å². The Morgan fingerprint density at radius 1 is 1.06 bits per heavy atom. The average molecular weight is 218 g/mol. The van der Waals surface area contributed by atoms with E-state index in [4.69, 9.17) is 16.3 Å². The Kier molecular flexibility index (Phi) is 1.87. The van der Waals surface area contributed by atoms with Crippen molar-refractivity contribution in [1.82, 2.24) is 0 Å². The molecule has 3 nitrogen and oxygen atoms in total. The van der Waals surface area contributed by atoms with Crippen molar-refractivity contribution in [2.45, 2.75) is 0 Å². The summed E-state index contributed by atoms with van der Waals surface area (Å²) in [5.74, 6) is 0. The Hall–Kier alpha value is -2.78. The first kappa shape index (κ1) is 9.45. The summed E-state index contributed by atoms with van der Waals surface area (Å²) < 4.78 is 5.64. The minimum Gasteiger partial charge on any atom is -0.456 e. The number of fused-ring (bicyclic) bond motifs is 3. The molecule has 0 amide bonds. The molecular weight excluding hydrogens is 212 g/mol. The fraction of sp³-hybridized carbons (Fsp3) is 0. The molecule has 0 aliphatic rings. The number of nitriles is 1. The normalized spacial score (nSPS) is 10.2. The highest BCUT2D eigenvalue weighted by molar-refractivity contribution is 6.06. The molecule has 2 aromatic carbocycles. The van der Waals surface area contributed by atoms with E-state index in [1.165, 1.54) is 0 Å². The molecule has 3 rings (SSSR count). The fourth-order valence-corrected chi connectivity index (χ4v) is 1.90. The van der Waals surface area contributed by atoms with Crippen LogP contribution in [0.3, 0.4) is 0 Å². The Balaban J connectivity index is 2.47. The maximum atomic E-state index is 8.88. The molecule has 0 spiro atoms. The van der Waals surface area contributed by atoms with Crippen molar-refractivity contribution in [3.63, 3.8) is 0 Å². The Bertz CT molecular complexity index is 747. The molecular formula is C14H6N2O. The van der Waals surface area contributed by atoms with Gasteiger partial charge in [-0.15, -0.1) is 0 Å². The van der Waals surface area contributed by atoms with Gasteiger partial charge in [0.1, 0.15) is 11.2 Å². The first-order valence-corrected chi connectivity index (χ1v) is 5.06. The number of nitrogens with zero attached hydrogens (tertiary/aromatic N) is 2. The maximum Gasteiger partial charge on any atom is 0.188 e. The SMILES string of the molecule is [C-]#[N+]c1ccc2oc3ccc(C#N)cc3c2c1. The van der Waals surface area contributed by atoms with Crippen LogP contribution in [0, 0.1) is 17.9 Å². The van der Waals surface area contributed by atoms with E-state index in [0.717, 1.165) is 21.9 Å². The predicted octanol–water partition coefficient (Wildman–Crippen LogP) is 4.01. The van der Waals surface area contributed by atoms with Crippen LogP contribution in [0.1, 0.15) is 5.56 Å². The van der Waals surface area contributed by atoms with Crippen molar-refractivity contribution >= 4 is 27.6 Å². The van der Waals surface area contributed by atoms with Gasteiger partial charge in [0.05, 0.1) is 18.2 Å². The second-order valence-electron chi connectivity index (χ2n) is 3.72. The van der Waals surface area contributed by atoms with Gasteiger partial charge in [0.25, 0.3) is 0 Å². The van der Waals surface area contributed by atoms with Gasteiger partial charge in [-0.1, -0.05) is 6.07 Å². The van der Waals surface area contributed by atoms with Crippen molar-refractivity contribution in [3.05, 3.63) is 53.4 Å². The lowest BCUT2D eigenvalue weighted by atomic mass is 10.1. The van der Waals surface area contributed by atoms with Gasteiger partial charge in [-0.05, 0) is 30.3 Å². The molecule has 1 aromatic heterocycles. The molecule has 0 saturated carbocycles. The van der Waals surface area contributed by atoms with Crippen molar-refractivity contribution in [2.75, 3.05) is 0 Å². The number of benzene rings is 2. The van der Waals surface area contributed by atoms with E-state index in [1.807, 2.05) is 0 Å². The van der Waals surface area contributed by atoms with E-state index in [2.05, 4.69) is 10.9 Å². The summed E-state index contributed by atoms with van der Waals surface area (Å²) in [6.45, 7) is 7.00. The van der Waals surface area contributed by atoms with E-state index < -0.39 is 0 Å². The van der Waals surface area contributed by atoms with Crippen molar-refractivity contribution < 1.29 is 4.42 Å². The van der Waals surface area contributed by atoms with Crippen LogP contribution < -0.4 is 0 Å². The zero-order valence-electron chi connectivity index (χ0n) is 8.77. The van der Waals surface area contributed by atoms with Gasteiger partial charge in [0, 0.05) is 10.8 Å². The lowest BCUT2D eigenvalue weighted by molar-refractivity contribution is 0.669. The largest absolute Gasteiger partial charge is 0.456 e. The minimum atomic E-state index is 0.572. The van der Waals surface area contributed by atoms with Crippen LogP contribution >= 0.6 is 0 Å². The third kappa shape index (κ3) is 1.34. The number of hydrogen-bond acceptors (Lipinski definition) is 2. The predicted molar refractivity (Wildman–Crippen MR) is 64.7 cm³/mol. The van der Waals surface area contributed by atoms with Crippen molar-refractivity contribution in [3.8, 4) is 6.07 Å². The van der Waals surface area contributed by atoms with Gasteiger partial charge < -0.3 is 4.42 Å². The molecule has 1 heterocycles. The number of rotatable bonds is 0. The molecule has 0 atom stereocenters. The molecule has 0 unspecified atom stereocenters. The van der Waals surface area contributed by atoms with Gasteiger partial charge in [-0.25, -0.2) is 4.85 Å². The van der Waals surface area contributed by atoms with Crippen LogP contribution in [0.25, 0.3) is 26.8 Å². The lowest BCUT2D eigenvalue weighted by Crippen LogP contribution is -1.72.